The molecule has 2 rings (SSSR count). The number of rotatable bonds is 27. The summed E-state index contributed by atoms with van der Waals surface area (Å²) in [5, 5.41) is 41.5. The first-order chi connectivity index (χ1) is 30.6. The molecule has 0 spiro atoms. The number of primary amides is 1. The molecule has 2 saturated heterocycles. The monoisotopic (exact) mass is 925 g/mol. The predicted molar refractivity (Wildman–Crippen MR) is 230 cm³/mol. The van der Waals surface area contributed by atoms with Crippen LogP contribution in [0.2, 0.25) is 0 Å². The summed E-state index contributed by atoms with van der Waals surface area (Å²) >= 11 is 0. The number of carboxylic acids is 1. The summed E-state index contributed by atoms with van der Waals surface area (Å²) in [6.45, 7) is 5.32. The lowest BCUT2D eigenvalue weighted by atomic mass is 10.00. The number of likely N-dealkylation sites (tertiary alicyclic amines) is 1. The molecule has 8 atom stereocenters. The summed E-state index contributed by atoms with van der Waals surface area (Å²) in [4.78, 5) is 141. The summed E-state index contributed by atoms with van der Waals surface area (Å²) in [7, 11) is 0. The molecule has 0 aliphatic carbocycles. The van der Waals surface area contributed by atoms with Crippen LogP contribution in [0.4, 0.5) is 0 Å². The van der Waals surface area contributed by atoms with Crippen molar-refractivity contribution in [1.82, 2.24) is 52.8 Å². The fourth-order valence-electron chi connectivity index (χ4n) is 6.97. The maximum atomic E-state index is 13.3. The number of hydrogen-bond acceptors (Lipinski definition) is 14. The molecule has 2 aliphatic rings. The van der Waals surface area contributed by atoms with Crippen LogP contribution in [0, 0.1) is 5.92 Å². The average molecular weight is 925 g/mol. The number of nitrogens with one attached hydrogen (secondary N) is 9. The third-order valence-corrected chi connectivity index (χ3v) is 10.6. The van der Waals surface area contributed by atoms with E-state index in [1.807, 2.05) is 0 Å². The largest absolute Gasteiger partial charge is 0.480 e. The molecule has 0 bridgehead atoms. The van der Waals surface area contributed by atoms with Gasteiger partial charge >= 0.3 is 5.97 Å². The minimum absolute atomic E-state index is 0.0907. The zero-order valence-electron chi connectivity index (χ0n) is 37.5. The number of aliphatic hydroxyl groups excluding tert-OH is 1. The lowest BCUT2D eigenvalue weighted by Gasteiger charge is -2.35. The molecular weight excluding hydrogens is 857 g/mol. The van der Waals surface area contributed by atoms with E-state index in [1.54, 1.807) is 13.8 Å². The van der Waals surface area contributed by atoms with Gasteiger partial charge in [-0.15, -0.1) is 0 Å². The predicted octanol–water partition coefficient (Wildman–Crippen LogP) is -5.57. The van der Waals surface area contributed by atoms with Crippen LogP contribution in [0.3, 0.4) is 0 Å². The van der Waals surface area contributed by atoms with Gasteiger partial charge in [-0.2, -0.15) is 0 Å². The molecule has 0 radical (unpaired) electrons. The zero-order chi connectivity index (χ0) is 48.8. The van der Waals surface area contributed by atoms with Crippen LogP contribution >= 0.6 is 0 Å². The van der Waals surface area contributed by atoms with Crippen LogP contribution in [0.1, 0.15) is 91.9 Å². The number of amides is 10. The molecular formula is C40H68N12O13. The molecule has 2 fully saturated rings. The van der Waals surface area contributed by atoms with Crippen molar-refractivity contribution in [2.75, 3.05) is 39.3 Å². The van der Waals surface area contributed by atoms with E-state index in [9.17, 15) is 63.0 Å². The van der Waals surface area contributed by atoms with Crippen molar-refractivity contribution in [2.45, 2.75) is 140 Å². The highest BCUT2D eigenvalue weighted by molar-refractivity contribution is 5.97. The van der Waals surface area contributed by atoms with Crippen LogP contribution in [0.15, 0.2) is 0 Å². The Morgan fingerprint density at radius 1 is 0.692 bits per heavy atom. The number of carbonyl (C=O) groups excluding carboxylic acids is 10. The van der Waals surface area contributed by atoms with Crippen molar-refractivity contribution < 1.29 is 63.0 Å². The lowest BCUT2D eigenvalue weighted by Crippen LogP contribution is -2.57. The molecule has 366 valence electrons. The Morgan fingerprint density at radius 3 is 1.95 bits per heavy atom. The summed E-state index contributed by atoms with van der Waals surface area (Å²) < 4.78 is 0. The number of β-amino-alcohol motifs (C(OH)–C–C–N with tert-alkyl or cyclic N) is 1. The van der Waals surface area contributed by atoms with Gasteiger partial charge in [0.25, 0.3) is 0 Å². The van der Waals surface area contributed by atoms with Gasteiger partial charge in [0.2, 0.25) is 59.1 Å². The van der Waals surface area contributed by atoms with Crippen LogP contribution in [-0.2, 0) is 52.7 Å². The van der Waals surface area contributed by atoms with Gasteiger partial charge < -0.3 is 74.4 Å². The molecule has 0 aromatic rings. The summed E-state index contributed by atoms with van der Waals surface area (Å²) in [6, 6.07) is -7.74. The molecule has 10 amide bonds. The highest BCUT2D eigenvalue weighted by Gasteiger charge is 2.35. The molecule has 0 aromatic heterocycles. The minimum Gasteiger partial charge on any atom is -0.480 e. The first-order valence-corrected chi connectivity index (χ1v) is 21.9. The summed E-state index contributed by atoms with van der Waals surface area (Å²) in [5.74, 6) is -8.60. The Labute approximate surface area is 377 Å². The van der Waals surface area contributed by atoms with E-state index in [0.717, 1.165) is 0 Å². The lowest BCUT2D eigenvalue weighted by molar-refractivity contribution is -0.146. The van der Waals surface area contributed by atoms with E-state index in [1.165, 1.54) is 18.7 Å². The first-order valence-electron chi connectivity index (χ1n) is 21.9. The van der Waals surface area contributed by atoms with Gasteiger partial charge in [0.15, 0.2) is 0 Å². The third-order valence-electron chi connectivity index (χ3n) is 10.6. The number of aliphatic hydroxyl groups is 1. The van der Waals surface area contributed by atoms with Crippen molar-refractivity contribution in [2.24, 2.45) is 17.4 Å². The molecule has 25 heteroatoms. The van der Waals surface area contributed by atoms with Crippen LogP contribution < -0.4 is 59.3 Å². The van der Waals surface area contributed by atoms with E-state index < -0.39 is 133 Å². The molecule has 65 heavy (non-hydrogen) atoms. The van der Waals surface area contributed by atoms with Gasteiger partial charge in [0.05, 0.1) is 31.8 Å². The maximum absolute atomic E-state index is 13.3. The summed E-state index contributed by atoms with van der Waals surface area (Å²) in [6.07, 6.45) is 1.76. The second kappa shape index (κ2) is 28.1. The number of carbonyl (C=O) groups is 11. The Kier molecular flexibility index (Phi) is 23.8. The average Bonchev–Trinajstić information content (AvgIpc) is 3.70. The zero-order valence-corrected chi connectivity index (χ0v) is 37.5. The number of aliphatic carboxylic acids is 1. The van der Waals surface area contributed by atoms with Gasteiger partial charge in [0, 0.05) is 19.5 Å². The second-order valence-corrected chi connectivity index (χ2v) is 16.6. The molecule has 2 aliphatic heterocycles. The first kappa shape index (κ1) is 55.2. The van der Waals surface area contributed by atoms with Crippen molar-refractivity contribution in [3.63, 3.8) is 0 Å². The number of carboxylic acid groups (broad SMARTS) is 1. The van der Waals surface area contributed by atoms with Crippen molar-refractivity contribution in [3.8, 4) is 0 Å². The smallest absolute Gasteiger partial charge is 0.326 e. The number of hydrogen-bond donors (Lipinski definition) is 13. The Morgan fingerprint density at radius 2 is 1.34 bits per heavy atom. The fraction of sp³-hybridized carbons (Fsp3) is 0.725. The highest BCUT2D eigenvalue weighted by atomic mass is 16.4. The van der Waals surface area contributed by atoms with E-state index in [2.05, 4.69) is 47.9 Å². The number of nitrogens with two attached hydrogens (primary N) is 2. The third kappa shape index (κ3) is 20.2. The van der Waals surface area contributed by atoms with E-state index in [0.29, 0.717) is 38.6 Å². The number of nitrogens with zero attached hydrogens (tertiary/aromatic N) is 1. The van der Waals surface area contributed by atoms with Crippen LogP contribution in [-0.4, -0.2) is 168 Å². The van der Waals surface area contributed by atoms with Gasteiger partial charge in [-0.1, -0.05) is 13.8 Å². The van der Waals surface area contributed by atoms with Crippen molar-refractivity contribution >= 4 is 65.0 Å². The quantitative estimate of drug-likeness (QED) is 0.0342. The topological polar surface area (TPSA) is 392 Å². The molecule has 0 unspecified atom stereocenters. The van der Waals surface area contributed by atoms with Gasteiger partial charge in [-0.25, -0.2) is 4.79 Å². The Bertz CT molecular complexity index is 1720. The maximum Gasteiger partial charge on any atom is 0.326 e. The van der Waals surface area contributed by atoms with Crippen molar-refractivity contribution in [1.29, 1.82) is 0 Å². The molecule has 0 saturated carbocycles. The molecule has 0 aromatic carbocycles. The number of piperidine rings is 1. The molecule has 15 N–H and O–H groups in total. The standard InChI is InChI=1S/C40H68N12O13/c1-21(2)15-28(51-38(62)25(11-12-30(42)54)49-32(56)19-44-36(60)27-16-24(53)17-43-27)37(61)45-18-31(55)47-23(4)35(59)48-22(3)34(58)46-20-33(57)52-14-8-6-10-29(52)39(63)50-26(40(64)65)9-5-7-13-41/h21-29,43,53H,5-20,41H2,1-4H3,(H2,42,54)(H,44,60)(H,45,61)(H,46,58)(H,47,55)(H,48,59)(H,49,56)(H,50,63)(H,51,62)(H,64,65)/t22-,23-,24+,25-,26-,27-,28-,29-/m0/s1. The van der Waals surface area contributed by atoms with Gasteiger partial charge in [0.1, 0.15) is 36.3 Å². The SMILES string of the molecule is CC(C)C[C@H](NC(=O)[C@H](CCC(N)=O)NC(=O)CNC(=O)[C@@H]1C[C@@H](O)CN1)C(=O)NCC(=O)N[C@@H](C)C(=O)N[C@@H](C)C(=O)NCC(=O)N1CCCC[C@H]1C(=O)N[C@@H](CCCCN)C(=O)O. The van der Waals surface area contributed by atoms with Crippen LogP contribution in [0.25, 0.3) is 0 Å². The van der Waals surface area contributed by atoms with Gasteiger partial charge in [-0.05, 0) is 84.1 Å². The second-order valence-electron chi connectivity index (χ2n) is 16.6. The summed E-state index contributed by atoms with van der Waals surface area (Å²) in [5.41, 5.74) is 10.7. The van der Waals surface area contributed by atoms with E-state index >= 15 is 0 Å². The highest BCUT2D eigenvalue weighted by Crippen LogP contribution is 2.18. The van der Waals surface area contributed by atoms with E-state index in [4.69, 9.17) is 11.5 Å². The normalized spacial score (nSPS) is 19.2. The Balaban J connectivity index is 1.89. The Hall–Kier alpha value is -5.95. The van der Waals surface area contributed by atoms with Crippen molar-refractivity contribution in [3.05, 3.63) is 0 Å². The fourth-order valence-corrected chi connectivity index (χ4v) is 6.97. The number of unbranched alkanes of at least 4 members (excludes halogenated alkanes) is 1. The van der Waals surface area contributed by atoms with Crippen LogP contribution in [0.5, 0.6) is 0 Å². The molecule has 25 nitrogen and oxygen atoms in total. The van der Waals surface area contributed by atoms with Gasteiger partial charge in [-0.3, -0.25) is 47.9 Å². The molecule has 2 heterocycles. The van der Waals surface area contributed by atoms with E-state index in [-0.39, 0.29) is 51.1 Å². The minimum atomic E-state index is -1.34.